The van der Waals surface area contributed by atoms with Crippen molar-refractivity contribution in [3.05, 3.63) is 0 Å². The molecule has 2 unspecified atom stereocenters. The van der Waals surface area contributed by atoms with Crippen molar-refractivity contribution in [1.82, 2.24) is 10.2 Å². The first-order chi connectivity index (χ1) is 7.29. The highest BCUT2D eigenvalue weighted by Gasteiger charge is 2.28. The van der Waals surface area contributed by atoms with Crippen LogP contribution in [-0.4, -0.2) is 47.7 Å². The molecule has 4 heteroatoms. The fraction of sp³-hybridized carbons (Fsp3) is 0.917. The molecule has 0 bridgehead atoms. The Kier molecular flexibility index (Phi) is 4.33. The van der Waals surface area contributed by atoms with Crippen LogP contribution in [0.3, 0.4) is 0 Å². The molecule has 16 heavy (non-hydrogen) atoms. The molecule has 1 rings (SSSR count). The Bertz CT molecular complexity index is 248. The summed E-state index contributed by atoms with van der Waals surface area (Å²) in [6.45, 7) is 6.89. The van der Waals surface area contributed by atoms with E-state index in [1.54, 1.807) is 25.8 Å². The fourth-order valence-corrected chi connectivity index (χ4v) is 2.22. The summed E-state index contributed by atoms with van der Waals surface area (Å²) < 4.78 is 0. The number of hydrogen-bond donors (Lipinski definition) is 2. The minimum atomic E-state index is -0.829. The molecule has 0 aromatic rings. The third-order valence-corrected chi connectivity index (χ3v) is 2.96. The number of carbonyl (C=O) groups excluding carboxylic acids is 1. The lowest BCUT2D eigenvalue weighted by atomic mass is 9.93. The van der Waals surface area contributed by atoms with Crippen LogP contribution in [-0.2, 0) is 4.79 Å². The summed E-state index contributed by atoms with van der Waals surface area (Å²) in [7, 11) is 1.75. The molecule has 1 fully saturated rings. The second-order valence-corrected chi connectivity index (χ2v) is 5.64. The van der Waals surface area contributed by atoms with E-state index in [2.05, 4.69) is 12.2 Å². The number of piperidine rings is 1. The third kappa shape index (κ3) is 4.10. The van der Waals surface area contributed by atoms with Crippen LogP contribution in [0.5, 0.6) is 0 Å². The first-order valence-electron chi connectivity index (χ1n) is 6.00. The molecule has 1 aliphatic rings. The van der Waals surface area contributed by atoms with Gasteiger partial charge in [0.25, 0.3) is 0 Å². The van der Waals surface area contributed by atoms with Gasteiger partial charge in [-0.2, -0.15) is 0 Å². The van der Waals surface area contributed by atoms with Crippen molar-refractivity contribution in [2.75, 3.05) is 20.1 Å². The molecule has 0 aromatic carbocycles. The number of amides is 1. The van der Waals surface area contributed by atoms with Crippen LogP contribution in [0.4, 0.5) is 0 Å². The summed E-state index contributed by atoms with van der Waals surface area (Å²) in [5.74, 6) is 0.694. The Morgan fingerprint density at radius 1 is 1.56 bits per heavy atom. The van der Waals surface area contributed by atoms with E-state index in [-0.39, 0.29) is 11.9 Å². The molecule has 94 valence electrons. The standard InChI is InChI=1S/C12H24N2O2/c1-9-5-6-13-10(7-9)11(15)14(4)8-12(2,3)16/h9-10,13,16H,5-8H2,1-4H3. The molecule has 0 saturated carbocycles. The van der Waals surface area contributed by atoms with Gasteiger partial charge in [0.1, 0.15) is 0 Å². The Morgan fingerprint density at radius 3 is 2.69 bits per heavy atom. The van der Waals surface area contributed by atoms with E-state index in [1.807, 2.05) is 0 Å². The predicted molar refractivity (Wildman–Crippen MR) is 64.1 cm³/mol. The number of rotatable bonds is 3. The van der Waals surface area contributed by atoms with Gasteiger partial charge >= 0.3 is 0 Å². The van der Waals surface area contributed by atoms with Crippen LogP contribution < -0.4 is 5.32 Å². The molecule has 2 N–H and O–H groups in total. The zero-order valence-electron chi connectivity index (χ0n) is 10.8. The van der Waals surface area contributed by atoms with Crippen molar-refractivity contribution in [3.63, 3.8) is 0 Å². The van der Waals surface area contributed by atoms with Crippen molar-refractivity contribution in [3.8, 4) is 0 Å². The third-order valence-electron chi connectivity index (χ3n) is 2.96. The molecule has 2 atom stereocenters. The normalized spacial score (nSPS) is 26.6. The van der Waals surface area contributed by atoms with E-state index >= 15 is 0 Å². The number of nitrogens with one attached hydrogen (secondary N) is 1. The smallest absolute Gasteiger partial charge is 0.239 e. The van der Waals surface area contributed by atoms with E-state index in [4.69, 9.17) is 0 Å². The second kappa shape index (κ2) is 5.15. The number of carbonyl (C=O) groups is 1. The van der Waals surface area contributed by atoms with Gasteiger partial charge in [-0.3, -0.25) is 4.79 Å². The molecule has 1 aliphatic heterocycles. The molecule has 1 amide bonds. The van der Waals surface area contributed by atoms with Gasteiger partial charge in [-0.1, -0.05) is 6.92 Å². The van der Waals surface area contributed by atoms with Gasteiger partial charge in [0.05, 0.1) is 11.6 Å². The van der Waals surface area contributed by atoms with Gasteiger partial charge in [0.2, 0.25) is 5.91 Å². The van der Waals surface area contributed by atoms with Crippen LogP contribution in [0, 0.1) is 5.92 Å². The van der Waals surface area contributed by atoms with E-state index in [1.165, 1.54) is 0 Å². The first-order valence-corrected chi connectivity index (χ1v) is 6.00. The van der Waals surface area contributed by atoms with Crippen LogP contribution in [0.1, 0.15) is 33.6 Å². The quantitative estimate of drug-likeness (QED) is 0.744. The summed E-state index contributed by atoms with van der Waals surface area (Å²) in [5, 5.41) is 12.9. The first kappa shape index (κ1) is 13.5. The van der Waals surface area contributed by atoms with Crippen LogP contribution in [0.15, 0.2) is 0 Å². The van der Waals surface area contributed by atoms with Crippen molar-refractivity contribution >= 4 is 5.91 Å². The van der Waals surface area contributed by atoms with Gasteiger partial charge in [-0.05, 0) is 39.2 Å². The van der Waals surface area contributed by atoms with Crippen molar-refractivity contribution in [2.24, 2.45) is 5.92 Å². The van der Waals surface area contributed by atoms with E-state index < -0.39 is 5.60 Å². The maximum absolute atomic E-state index is 12.1. The summed E-state index contributed by atoms with van der Waals surface area (Å²) in [6, 6.07) is -0.0731. The highest BCUT2D eigenvalue weighted by Crippen LogP contribution is 2.17. The summed E-state index contributed by atoms with van der Waals surface area (Å²) in [4.78, 5) is 13.7. The van der Waals surface area contributed by atoms with E-state index in [0.29, 0.717) is 12.5 Å². The number of likely N-dealkylation sites (N-methyl/N-ethyl adjacent to an activating group) is 1. The molecule has 1 saturated heterocycles. The fourth-order valence-electron chi connectivity index (χ4n) is 2.22. The summed E-state index contributed by atoms with van der Waals surface area (Å²) >= 11 is 0. The monoisotopic (exact) mass is 228 g/mol. The predicted octanol–water partition coefficient (Wildman–Crippen LogP) is 0.604. The highest BCUT2D eigenvalue weighted by molar-refractivity contribution is 5.81. The summed E-state index contributed by atoms with van der Waals surface area (Å²) in [5.41, 5.74) is -0.829. The van der Waals surface area contributed by atoms with Gasteiger partial charge < -0.3 is 15.3 Å². The van der Waals surface area contributed by atoms with Gasteiger partial charge in [0.15, 0.2) is 0 Å². The molecule has 4 nitrogen and oxygen atoms in total. The van der Waals surface area contributed by atoms with Crippen LogP contribution in [0.2, 0.25) is 0 Å². The average Bonchev–Trinajstić information content (AvgIpc) is 2.14. The average molecular weight is 228 g/mol. The van der Waals surface area contributed by atoms with Crippen LogP contribution >= 0.6 is 0 Å². The second-order valence-electron chi connectivity index (χ2n) is 5.64. The Morgan fingerprint density at radius 2 is 2.19 bits per heavy atom. The van der Waals surface area contributed by atoms with Crippen molar-refractivity contribution < 1.29 is 9.90 Å². The van der Waals surface area contributed by atoms with E-state index in [9.17, 15) is 9.90 Å². The number of nitrogens with zero attached hydrogens (tertiary/aromatic N) is 1. The van der Waals surface area contributed by atoms with Gasteiger partial charge in [-0.25, -0.2) is 0 Å². The maximum Gasteiger partial charge on any atom is 0.239 e. The molecule has 0 aliphatic carbocycles. The molecule has 0 radical (unpaired) electrons. The highest BCUT2D eigenvalue weighted by atomic mass is 16.3. The maximum atomic E-state index is 12.1. The Balaban J connectivity index is 2.49. The van der Waals surface area contributed by atoms with Gasteiger partial charge in [0, 0.05) is 13.6 Å². The topological polar surface area (TPSA) is 52.6 Å². The molecule has 1 heterocycles. The molecular weight excluding hydrogens is 204 g/mol. The largest absolute Gasteiger partial charge is 0.389 e. The lowest BCUT2D eigenvalue weighted by Gasteiger charge is -2.32. The Hall–Kier alpha value is -0.610. The zero-order chi connectivity index (χ0) is 12.3. The van der Waals surface area contributed by atoms with E-state index in [0.717, 1.165) is 19.4 Å². The van der Waals surface area contributed by atoms with Crippen molar-refractivity contribution in [2.45, 2.75) is 45.3 Å². The molecular formula is C12H24N2O2. The SMILES string of the molecule is CC1CCNC(C(=O)N(C)CC(C)(C)O)C1. The van der Waals surface area contributed by atoms with Gasteiger partial charge in [-0.15, -0.1) is 0 Å². The lowest BCUT2D eigenvalue weighted by Crippen LogP contribution is -2.51. The molecule has 0 spiro atoms. The van der Waals surface area contributed by atoms with Crippen molar-refractivity contribution in [1.29, 1.82) is 0 Å². The zero-order valence-corrected chi connectivity index (χ0v) is 10.8. The summed E-state index contributed by atoms with van der Waals surface area (Å²) in [6.07, 6.45) is 2.04. The minimum absolute atomic E-state index is 0.0731. The lowest BCUT2D eigenvalue weighted by molar-refractivity contribution is -0.135. The number of hydrogen-bond acceptors (Lipinski definition) is 3. The Labute approximate surface area is 98.0 Å². The number of aliphatic hydroxyl groups is 1. The van der Waals surface area contributed by atoms with Crippen LogP contribution in [0.25, 0.3) is 0 Å². The minimum Gasteiger partial charge on any atom is -0.389 e. The molecule has 0 aromatic heterocycles.